The first-order chi connectivity index (χ1) is 17.7. The fourth-order valence-corrected chi connectivity index (χ4v) is 5.09. The number of allylic oxidation sites excluding steroid dienone is 1. The highest BCUT2D eigenvalue weighted by Crippen LogP contribution is 2.38. The van der Waals surface area contributed by atoms with Crippen LogP contribution in [0.15, 0.2) is 42.0 Å². The molecule has 0 spiro atoms. The molecule has 0 aliphatic heterocycles. The Kier molecular flexibility index (Phi) is 11.6. The number of aliphatic hydroxyl groups excluding tert-OH is 1. The molecule has 0 heterocycles. The number of carbonyl (C=O) groups excluding carboxylic acids is 3. The maximum Gasteiger partial charge on any atom is 0.328 e. The summed E-state index contributed by atoms with van der Waals surface area (Å²) in [6, 6.07) is 8.50. The average molecular weight is 529 g/mol. The monoisotopic (exact) mass is 528 g/mol. The van der Waals surface area contributed by atoms with Crippen LogP contribution in [-0.4, -0.2) is 48.2 Å². The minimum Gasteiger partial charge on any atom is -0.467 e. The highest BCUT2D eigenvalue weighted by atomic mass is 16.5. The lowest BCUT2D eigenvalue weighted by molar-refractivity contribution is -0.146. The van der Waals surface area contributed by atoms with Gasteiger partial charge in [0.25, 0.3) is 0 Å². The first kappa shape index (κ1) is 31.5. The van der Waals surface area contributed by atoms with E-state index in [0.29, 0.717) is 12.8 Å². The predicted molar refractivity (Wildman–Crippen MR) is 150 cm³/mol. The highest BCUT2D eigenvalue weighted by Gasteiger charge is 2.35. The van der Waals surface area contributed by atoms with E-state index in [0.717, 1.165) is 12.0 Å². The number of hydrogen-bond donors (Lipinski definition) is 3. The molecule has 1 aromatic rings. The van der Waals surface area contributed by atoms with E-state index < -0.39 is 30.1 Å². The first-order valence-corrected chi connectivity index (χ1v) is 13.8. The van der Waals surface area contributed by atoms with Gasteiger partial charge in [0, 0.05) is 12.3 Å². The molecule has 1 aromatic carbocycles. The summed E-state index contributed by atoms with van der Waals surface area (Å²) in [5.41, 5.74) is 2.41. The Bertz CT molecular complexity index is 964. The van der Waals surface area contributed by atoms with E-state index in [1.807, 2.05) is 45.9 Å². The van der Waals surface area contributed by atoms with Gasteiger partial charge in [0.05, 0.1) is 13.2 Å². The number of benzene rings is 1. The second kappa shape index (κ2) is 13.9. The topological polar surface area (TPSA) is 105 Å². The van der Waals surface area contributed by atoms with Gasteiger partial charge in [0.2, 0.25) is 11.8 Å². The van der Waals surface area contributed by atoms with E-state index >= 15 is 0 Å². The summed E-state index contributed by atoms with van der Waals surface area (Å²) in [7, 11) is 1.29. The average Bonchev–Trinajstić information content (AvgIpc) is 2.99. The molecule has 0 fully saturated rings. The summed E-state index contributed by atoms with van der Waals surface area (Å²) in [5.74, 6) is -1.92. The van der Waals surface area contributed by atoms with Crippen LogP contribution in [0.25, 0.3) is 0 Å². The molecule has 0 saturated heterocycles. The second-order valence-electron chi connectivity index (χ2n) is 12.3. The minimum atomic E-state index is -0.806. The van der Waals surface area contributed by atoms with Gasteiger partial charge in [-0.05, 0) is 48.0 Å². The Labute approximate surface area is 228 Å². The van der Waals surface area contributed by atoms with Gasteiger partial charge < -0.3 is 20.5 Å². The van der Waals surface area contributed by atoms with Crippen molar-refractivity contribution in [2.24, 2.45) is 29.1 Å². The number of ether oxygens (including phenoxy) is 1. The zero-order chi connectivity index (χ0) is 28.6. The molecule has 212 valence electrons. The van der Waals surface area contributed by atoms with Crippen molar-refractivity contribution in [3.05, 3.63) is 47.5 Å². The lowest BCUT2D eigenvalue weighted by atomic mass is 9.82. The van der Waals surface area contributed by atoms with Crippen LogP contribution in [0.2, 0.25) is 0 Å². The van der Waals surface area contributed by atoms with Crippen molar-refractivity contribution in [1.82, 2.24) is 10.6 Å². The Morgan fingerprint density at radius 1 is 1.00 bits per heavy atom. The number of carbonyl (C=O) groups is 3. The zero-order valence-corrected chi connectivity index (χ0v) is 24.4. The van der Waals surface area contributed by atoms with Crippen molar-refractivity contribution in [2.75, 3.05) is 7.11 Å². The van der Waals surface area contributed by atoms with Crippen LogP contribution >= 0.6 is 0 Å². The molecule has 0 aromatic heterocycles. The molecule has 0 radical (unpaired) electrons. The van der Waals surface area contributed by atoms with E-state index in [9.17, 15) is 19.5 Å². The number of methoxy groups -OCH3 is 1. The van der Waals surface area contributed by atoms with Crippen molar-refractivity contribution in [3.63, 3.8) is 0 Å². The number of nitrogens with one attached hydrogen (secondary N) is 2. The highest BCUT2D eigenvalue weighted by molar-refractivity contribution is 5.91. The van der Waals surface area contributed by atoms with E-state index in [4.69, 9.17) is 4.74 Å². The normalized spacial score (nSPS) is 21.8. The molecular formula is C31H48N2O5. The zero-order valence-electron chi connectivity index (χ0n) is 24.4. The standard InChI is InChI=1S/C31H48N2O5/c1-19(2)26(29(36)33-27(20(3)4)30(37)38-8)32-25(34)18-22-14-15-24(31(5,6)7)17-23(28(22)35)16-21-12-10-9-11-13-21/h9-13,17,19-20,22-23,26-28,35H,14-16,18H2,1-8H3,(H,32,34)(H,33,36)/t22?,23?,26-,27-,28?/m0/s1. The lowest BCUT2D eigenvalue weighted by Crippen LogP contribution is -2.55. The van der Waals surface area contributed by atoms with Crippen molar-refractivity contribution in [3.8, 4) is 0 Å². The summed E-state index contributed by atoms with van der Waals surface area (Å²) in [6.45, 7) is 13.9. The number of hydrogen-bond acceptors (Lipinski definition) is 5. The van der Waals surface area contributed by atoms with E-state index in [2.05, 4.69) is 49.6 Å². The number of aliphatic hydroxyl groups is 1. The van der Waals surface area contributed by atoms with Crippen LogP contribution in [0.1, 0.15) is 73.3 Å². The molecule has 7 heteroatoms. The Balaban J connectivity index is 2.17. The third-order valence-corrected chi connectivity index (χ3v) is 7.53. The predicted octanol–water partition coefficient (Wildman–Crippen LogP) is 4.43. The third kappa shape index (κ3) is 8.97. The molecule has 1 aliphatic rings. The minimum absolute atomic E-state index is 0.0285. The van der Waals surface area contributed by atoms with Crippen LogP contribution in [0.3, 0.4) is 0 Å². The van der Waals surface area contributed by atoms with Gasteiger partial charge in [0.1, 0.15) is 12.1 Å². The quantitative estimate of drug-likeness (QED) is 0.308. The lowest BCUT2D eigenvalue weighted by Gasteiger charge is -2.29. The Hall–Kier alpha value is -2.67. The van der Waals surface area contributed by atoms with Crippen LogP contribution in [0.4, 0.5) is 0 Å². The smallest absolute Gasteiger partial charge is 0.328 e. The molecular weight excluding hydrogens is 480 g/mol. The summed E-state index contributed by atoms with van der Waals surface area (Å²) in [4.78, 5) is 38.5. The van der Waals surface area contributed by atoms with Crippen LogP contribution < -0.4 is 10.6 Å². The summed E-state index contributed by atoms with van der Waals surface area (Å²) >= 11 is 0. The van der Waals surface area contributed by atoms with Crippen molar-refractivity contribution in [2.45, 2.75) is 92.3 Å². The summed E-state index contributed by atoms with van der Waals surface area (Å²) in [6.07, 6.45) is 3.86. The molecule has 3 N–H and O–H groups in total. The molecule has 5 atom stereocenters. The summed E-state index contributed by atoms with van der Waals surface area (Å²) in [5, 5.41) is 17.1. The van der Waals surface area contributed by atoms with Gasteiger partial charge in [-0.15, -0.1) is 0 Å². The van der Waals surface area contributed by atoms with Crippen LogP contribution in [0, 0.1) is 29.1 Å². The first-order valence-electron chi connectivity index (χ1n) is 13.8. The fourth-order valence-electron chi connectivity index (χ4n) is 5.09. The van der Waals surface area contributed by atoms with Gasteiger partial charge in [0.15, 0.2) is 0 Å². The molecule has 2 amide bonds. The Morgan fingerprint density at radius 2 is 1.61 bits per heavy atom. The number of rotatable bonds is 10. The SMILES string of the molecule is COC(=O)[C@@H](NC(=O)[C@@H](NC(=O)CC1CCC(C(C)(C)C)=CC(Cc2ccccc2)C1O)C(C)C)C(C)C. The summed E-state index contributed by atoms with van der Waals surface area (Å²) < 4.78 is 4.83. The van der Waals surface area contributed by atoms with E-state index in [1.54, 1.807) is 0 Å². The van der Waals surface area contributed by atoms with Crippen molar-refractivity contribution >= 4 is 17.8 Å². The largest absolute Gasteiger partial charge is 0.467 e. The molecule has 2 rings (SSSR count). The second-order valence-corrected chi connectivity index (χ2v) is 12.3. The van der Waals surface area contributed by atoms with Crippen LogP contribution in [-0.2, 0) is 25.5 Å². The molecule has 38 heavy (non-hydrogen) atoms. The molecule has 3 unspecified atom stereocenters. The van der Waals surface area contributed by atoms with Crippen molar-refractivity contribution in [1.29, 1.82) is 0 Å². The third-order valence-electron chi connectivity index (χ3n) is 7.53. The maximum atomic E-state index is 13.2. The number of esters is 1. The van der Waals surface area contributed by atoms with E-state index in [1.165, 1.54) is 12.7 Å². The van der Waals surface area contributed by atoms with Gasteiger partial charge in [-0.25, -0.2) is 4.79 Å². The fraction of sp³-hybridized carbons (Fsp3) is 0.645. The van der Waals surface area contributed by atoms with Crippen molar-refractivity contribution < 1.29 is 24.2 Å². The van der Waals surface area contributed by atoms with Crippen LogP contribution in [0.5, 0.6) is 0 Å². The van der Waals surface area contributed by atoms with Gasteiger partial charge >= 0.3 is 5.97 Å². The van der Waals surface area contributed by atoms with Gasteiger partial charge in [-0.1, -0.05) is 90.4 Å². The maximum absolute atomic E-state index is 13.2. The molecule has 0 bridgehead atoms. The van der Waals surface area contributed by atoms with Gasteiger partial charge in [-0.2, -0.15) is 0 Å². The van der Waals surface area contributed by atoms with E-state index in [-0.39, 0.29) is 41.4 Å². The molecule has 0 saturated carbocycles. The molecule has 1 aliphatic carbocycles. The van der Waals surface area contributed by atoms with Gasteiger partial charge in [-0.3, -0.25) is 9.59 Å². The Morgan fingerprint density at radius 3 is 2.13 bits per heavy atom. The molecule has 7 nitrogen and oxygen atoms in total. The number of amides is 2.